The van der Waals surface area contributed by atoms with Gasteiger partial charge in [-0.15, -0.1) is 4.99 Å². The number of carbonyl (C=O) groups excluding carboxylic acids is 1. The molecule has 0 saturated carbocycles. The number of hydrogen-bond acceptors (Lipinski definition) is 2. The first-order chi connectivity index (χ1) is 7.76. The fourth-order valence-corrected chi connectivity index (χ4v) is 1.29. The van der Waals surface area contributed by atoms with Gasteiger partial charge in [-0.3, -0.25) is 0 Å². The topological polar surface area (TPSA) is 29.4 Å². The van der Waals surface area contributed by atoms with Crippen molar-refractivity contribution in [3.05, 3.63) is 35.4 Å². The van der Waals surface area contributed by atoms with Gasteiger partial charge in [0.2, 0.25) is 6.08 Å². The van der Waals surface area contributed by atoms with Gasteiger partial charge in [0, 0.05) is 0 Å². The lowest BCUT2D eigenvalue weighted by Crippen LogP contribution is -2.19. The second kappa shape index (κ2) is 4.63. The third kappa shape index (κ3) is 3.64. The minimum atomic E-state index is -4.72. The Kier molecular flexibility index (Phi) is 3.63. The molecule has 0 N–H and O–H groups in total. The molecule has 0 aliphatic carbocycles. The van der Waals surface area contributed by atoms with E-state index >= 15 is 0 Å². The van der Waals surface area contributed by atoms with Gasteiger partial charge in [-0.05, 0) is 11.6 Å². The maximum atomic E-state index is 12.9. The molecule has 0 amide bonds. The largest absolute Gasteiger partial charge is 0.416 e. The van der Waals surface area contributed by atoms with Crippen LogP contribution in [0.3, 0.4) is 0 Å². The lowest BCUT2D eigenvalue weighted by molar-refractivity contribution is -0.138. The van der Waals surface area contributed by atoms with E-state index in [-0.39, 0.29) is 0 Å². The van der Waals surface area contributed by atoms with Gasteiger partial charge in [0.25, 0.3) is 0 Å². The summed E-state index contributed by atoms with van der Waals surface area (Å²) in [6.45, 7) is 0. The molecule has 0 bridgehead atoms. The highest BCUT2D eigenvalue weighted by Gasteiger charge is 2.37. The van der Waals surface area contributed by atoms with Crippen LogP contribution in [0, 0.1) is 0 Å². The molecule has 1 rings (SSSR count). The van der Waals surface area contributed by atoms with E-state index in [2.05, 4.69) is 4.99 Å². The third-order valence-electron chi connectivity index (χ3n) is 1.94. The van der Waals surface area contributed by atoms with Crippen LogP contribution in [0.15, 0.2) is 29.3 Å². The first-order valence-electron chi connectivity index (χ1n) is 4.38. The number of rotatable bonds is 3. The first-order valence-corrected chi connectivity index (χ1v) is 4.38. The van der Waals surface area contributed by atoms with Gasteiger partial charge in [0.1, 0.15) is 0 Å². The summed E-state index contributed by atoms with van der Waals surface area (Å²) in [6.07, 6.45) is -5.39. The monoisotopic (exact) mass is 251 g/mol. The Morgan fingerprint density at radius 1 is 1.12 bits per heavy atom. The van der Waals surface area contributed by atoms with Crippen LogP contribution in [0.2, 0.25) is 0 Å². The van der Waals surface area contributed by atoms with Crippen molar-refractivity contribution >= 4 is 6.08 Å². The van der Waals surface area contributed by atoms with E-state index in [1.165, 1.54) is 6.07 Å². The van der Waals surface area contributed by atoms with Gasteiger partial charge in [0.05, 0.1) is 12.0 Å². The predicted octanol–water partition coefficient (Wildman–Crippen LogP) is 3.18. The zero-order valence-electron chi connectivity index (χ0n) is 8.26. The van der Waals surface area contributed by atoms with E-state index in [0.29, 0.717) is 12.1 Å². The first kappa shape index (κ1) is 13.3. The molecule has 0 spiro atoms. The molecule has 0 atom stereocenters. The fourth-order valence-electron chi connectivity index (χ4n) is 1.29. The number of nitrogens with zero attached hydrogens (tertiary/aromatic N) is 1. The Morgan fingerprint density at radius 2 is 1.71 bits per heavy atom. The van der Waals surface area contributed by atoms with Crippen molar-refractivity contribution in [3.63, 3.8) is 0 Å². The SMILES string of the molecule is O=C=NC(F)(F)Cc1ccccc1C(F)(F)F. The summed E-state index contributed by atoms with van der Waals surface area (Å²) < 4.78 is 63.1. The highest BCUT2D eigenvalue weighted by Crippen LogP contribution is 2.34. The summed E-state index contributed by atoms with van der Waals surface area (Å²) >= 11 is 0. The van der Waals surface area contributed by atoms with Crippen LogP contribution in [-0.4, -0.2) is 12.1 Å². The normalized spacial score (nSPS) is 12.1. The average molecular weight is 251 g/mol. The van der Waals surface area contributed by atoms with Crippen LogP contribution in [0.4, 0.5) is 22.0 Å². The molecular formula is C10H6F5NO. The predicted molar refractivity (Wildman–Crippen MR) is 48.2 cm³/mol. The van der Waals surface area contributed by atoms with Gasteiger partial charge in [-0.2, -0.15) is 22.0 Å². The summed E-state index contributed by atoms with van der Waals surface area (Å²) in [5.74, 6) is 0. The number of halogens is 5. The number of isocyanates is 1. The van der Waals surface area contributed by atoms with Crippen LogP contribution in [0.5, 0.6) is 0 Å². The van der Waals surface area contributed by atoms with E-state index in [0.717, 1.165) is 12.1 Å². The lowest BCUT2D eigenvalue weighted by atomic mass is 10.0. The fraction of sp³-hybridized carbons (Fsp3) is 0.300. The minimum absolute atomic E-state index is 0.621. The van der Waals surface area contributed by atoms with Crippen LogP contribution >= 0.6 is 0 Å². The highest BCUT2D eigenvalue weighted by atomic mass is 19.4. The van der Waals surface area contributed by atoms with E-state index in [4.69, 9.17) is 0 Å². The highest BCUT2D eigenvalue weighted by molar-refractivity contribution is 5.35. The molecule has 0 radical (unpaired) electrons. The summed E-state index contributed by atoms with van der Waals surface area (Å²) in [4.78, 5) is 11.9. The number of aliphatic imine (C=N–C) groups is 1. The van der Waals surface area contributed by atoms with E-state index in [1.54, 1.807) is 0 Å². The molecule has 17 heavy (non-hydrogen) atoms. The minimum Gasteiger partial charge on any atom is -0.211 e. The molecule has 0 saturated heterocycles. The number of hydrogen-bond donors (Lipinski definition) is 0. The Labute approximate surface area is 92.8 Å². The second-order valence-electron chi connectivity index (χ2n) is 3.20. The molecule has 0 aromatic heterocycles. The smallest absolute Gasteiger partial charge is 0.211 e. The van der Waals surface area contributed by atoms with Gasteiger partial charge >= 0.3 is 12.2 Å². The summed E-state index contributed by atoms with van der Waals surface area (Å²) in [7, 11) is 0. The van der Waals surface area contributed by atoms with E-state index in [1.807, 2.05) is 0 Å². The van der Waals surface area contributed by atoms with Gasteiger partial charge in [-0.25, -0.2) is 4.79 Å². The molecule has 0 fully saturated rings. The molecule has 0 unspecified atom stereocenters. The van der Waals surface area contributed by atoms with Crippen molar-refractivity contribution in [1.82, 2.24) is 0 Å². The Bertz CT molecular complexity index is 448. The van der Waals surface area contributed by atoms with Gasteiger partial charge in [-0.1, -0.05) is 18.2 Å². The molecule has 1 aromatic carbocycles. The maximum Gasteiger partial charge on any atom is 0.416 e. The summed E-state index contributed by atoms with van der Waals surface area (Å²) in [6, 6.07) is 0.00886. The van der Waals surface area contributed by atoms with Gasteiger partial charge < -0.3 is 0 Å². The van der Waals surface area contributed by atoms with Crippen molar-refractivity contribution in [2.45, 2.75) is 18.6 Å². The second-order valence-corrected chi connectivity index (χ2v) is 3.20. The molecular weight excluding hydrogens is 245 g/mol. The summed E-state index contributed by atoms with van der Waals surface area (Å²) in [5, 5.41) is 0. The molecule has 0 aliphatic rings. The van der Waals surface area contributed by atoms with Crippen LogP contribution in [-0.2, 0) is 17.4 Å². The van der Waals surface area contributed by atoms with E-state index in [9.17, 15) is 26.7 Å². The summed E-state index contributed by atoms with van der Waals surface area (Å²) in [5.41, 5.74) is -1.79. The molecule has 7 heteroatoms. The average Bonchev–Trinajstić information content (AvgIpc) is 2.15. The molecule has 92 valence electrons. The van der Waals surface area contributed by atoms with E-state index < -0.39 is 29.8 Å². The number of benzene rings is 1. The van der Waals surface area contributed by atoms with Crippen molar-refractivity contribution in [1.29, 1.82) is 0 Å². The van der Waals surface area contributed by atoms with Crippen LogP contribution in [0.25, 0.3) is 0 Å². The van der Waals surface area contributed by atoms with Crippen molar-refractivity contribution in [2.75, 3.05) is 0 Å². The molecule has 1 aromatic rings. The maximum absolute atomic E-state index is 12.9. The Hall–Kier alpha value is -1.75. The molecule has 2 nitrogen and oxygen atoms in total. The van der Waals surface area contributed by atoms with Crippen molar-refractivity contribution < 1.29 is 26.7 Å². The zero-order chi connectivity index (χ0) is 13.1. The standard InChI is InChI=1S/C10H6F5NO/c11-9(12,16-6-17)5-7-3-1-2-4-8(7)10(13,14)15/h1-4H,5H2. The van der Waals surface area contributed by atoms with Crippen molar-refractivity contribution in [2.24, 2.45) is 4.99 Å². The quantitative estimate of drug-likeness (QED) is 0.351. The number of alkyl halides is 5. The molecule has 0 heterocycles. The van der Waals surface area contributed by atoms with Crippen LogP contribution in [0.1, 0.15) is 11.1 Å². The Balaban J connectivity index is 3.11. The Morgan fingerprint density at radius 3 is 2.24 bits per heavy atom. The third-order valence-corrected chi connectivity index (χ3v) is 1.94. The lowest BCUT2D eigenvalue weighted by Gasteiger charge is -2.15. The van der Waals surface area contributed by atoms with Crippen LogP contribution < -0.4 is 0 Å². The van der Waals surface area contributed by atoms with Crippen molar-refractivity contribution in [3.8, 4) is 0 Å². The molecule has 0 aliphatic heterocycles. The van der Waals surface area contributed by atoms with Gasteiger partial charge in [0.15, 0.2) is 0 Å². The zero-order valence-corrected chi connectivity index (χ0v) is 8.26.